The zero-order chi connectivity index (χ0) is 19.4. The molecule has 6 nitrogen and oxygen atoms in total. The van der Waals surface area contributed by atoms with Gasteiger partial charge in [-0.25, -0.2) is 4.39 Å². The molecule has 2 amide bonds. The van der Waals surface area contributed by atoms with Crippen molar-refractivity contribution in [3.8, 4) is 5.75 Å². The summed E-state index contributed by atoms with van der Waals surface area (Å²) >= 11 is 0. The molecule has 0 radical (unpaired) electrons. The maximum Gasteiger partial charge on any atom is 0.222 e. The normalized spacial score (nSPS) is 25.1. The standard InChI is InChI=1S/C20H28FN3O3/c1-15(25)22-20-13-23(2)9-8-16(20)12-24(14-20)19(26)7-4-10-27-18-6-3-5-17(21)11-18/h3,5-6,11,16H,4,7-10,12-14H2,1-2H3,(H,22,25)/t16-,20-/m1/s1. The number of halogens is 1. The zero-order valence-electron chi connectivity index (χ0n) is 16.0. The number of likely N-dealkylation sites (N-methyl/N-ethyl adjacent to an activating group) is 1. The molecule has 1 aromatic rings. The Morgan fingerprint density at radius 1 is 1.37 bits per heavy atom. The minimum absolute atomic E-state index is 0.0481. The predicted octanol–water partition coefficient (Wildman–Crippen LogP) is 1.65. The van der Waals surface area contributed by atoms with Gasteiger partial charge in [-0.15, -0.1) is 0 Å². The molecule has 2 saturated heterocycles. The Hall–Kier alpha value is -2.15. The molecule has 3 rings (SSSR count). The van der Waals surface area contributed by atoms with Crippen molar-refractivity contribution in [2.24, 2.45) is 5.92 Å². The fraction of sp³-hybridized carbons (Fsp3) is 0.600. The fourth-order valence-corrected chi connectivity index (χ4v) is 4.31. The van der Waals surface area contributed by atoms with Crippen molar-refractivity contribution in [3.63, 3.8) is 0 Å². The molecule has 0 unspecified atom stereocenters. The summed E-state index contributed by atoms with van der Waals surface area (Å²) in [5.74, 6) is 0.469. The molecule has 148 valence electrons. The van der Waals surface area contributed by atoms with Crippen LogP contribution in [-0.2, 0) is 9.59 Å². The molecule has 2 aliphatic rings. The Morgan fingerprint density at radius 2 is 2.19 bits per heavy atom. The van der Waals surface area contributed by atoms with Crippen LogP contribution < -0.4 is 10.1 Å². The highest BCUT2D eigenvalue weighted by Gasteiger charge is 2.50. The monoisotopic (exact) mass is 377 g/mol. The molecule has 27 heavy (non-hydrogen) atoms. The zero-order valence-corrected chi connectivity index (χ0v) is 16.0. The van der Waals surface area contributed by atoms with Gasteiger partial charge in [0.2, 0.25) is 11.8 Å². The lowest BCUT2D eigenvalue weighted by Gasteiger charge is -2.43. The summed E-state index contributed by atoms with van der Waals surface area (Å²) in [5.41, 5.74) is -0.341. The summed E-state index contributed by atoms with van der Waals surface area (Å²) in [5, 5.41) is 3.13. The highest BCUT2D eigenvalue weighted by atomic mass is 19.1. The van der Waals surface area contributed by atoms with Crippen LogP contribution >= 0.6 is 0 Å². The first-order valence-corrected chi connectivity index (χ1v) is 9.51. The number of carbonyl (C=O) groups is 2. The number of nitrogens with one attached hydrogen (secondary N) is 1. The summed E-state index contributed by atoms with van der Waals surface area (Å²) in [6.45, 7) is 4.91. The SMILES string of the molecule is CC(=O)N[C@@]12CN(C)CC[C@@H]1CN(C(=O)CCCOc1cccc(F)c1)C2. The van der Waals surface area contributed by atoms with Gasteiger partial charge in [0.1, 0.15) is 11.6 Å². The maximum absolute atomic E-state index is 13.1. The van der Waals surface area contributed by atoms with E-state index in [1.54, 1.807) is 12.1 Å². The van der Waals surface area contributed by atoms with Gasteiger partial charge in [-0.3, -0.25) is 9.59 Å². The van der Waals surface area contributed by atoms with E-state index in [0.29, 0.717) is 44.2 Å². The number of likely N-dealkylation sites (tertiary alicyclic amines) is 2. The molecule has 7 heteroatoms. The first kappa shape index (κ1) is 19.6. The van der Waals surface area contributed by atoms with Gasteiger partial charge in [-0.05, 0) is 38.6 Å². The second kappa shape index (κ2) is 8.25. The van der Waals surface area contributed by atoms with E-state index < -0.39 is 0 Å². The van der Waals surface area contributed by atoms with E-state index in [0.717, 1.165) is 19.5 Å². The van der Waals surface area contributed by atoms with Crippen molar-refractivity contribution in [1.29, 1.82) is 0 Å². The minimum Gasteiger partial charge on any atom is -0.493 e. The van der Waals surface area contributed by atoms with Crippen LogP contribution in [0.3, 0.4) is 0 Å². The number of amides is 2. The topological polar surface area (TPSA) is 61.9 Å². The van der Waals surface area contributed by atoms with Crippen LogP contribution in [0.25, 0.3) is 0 Å². The molecule has 0 bridgehead atoms. The second-order valence-electron chi connectivity index (χ2n) is 7.74. The largest absolute Gasteiger partial charge is 0.493 e. The van der Waals surface area contributed by atoms with Crippen LogP contribution in [0.4, 0.5) is 4.39 Å². The Balaban J connectivity index is 1.51. The maximum atomic E-state index is 13.1. The average Bonchev–Trinajstić information content (AvgIpc) is 2.96. The van der Waals surface area contributed by atoms with Gasteiger partial charge in [0.15, 0.2) is 0 Å². The van der Waals surface area contributed by atoms with Crippen LogP contribution in [0.2, 0.25) is 0 Å². The van der Waals surface area contributed by atoms with Crippen LogP contribution in [0.5, 0.6) is 5.75 Å². The molecular formula is C20H28FN3O3. The van der Waals surface area contributed by atoms with Crippen LogP contribution in [0.15, 0.2) is 24.3 Å². The smallest absolute Gasteiger partial charge is 0.222 e. The first-order valence-electron chi connectivity index (χ1n) is 9.51. The van der Waals surface area contributed by atoms with Gasteiger partial charge in [-0.2, -0.15) is 0 Å². The van der Waals surface area contributed by atoms with E-state index in [-0.39, 0.29) is 23.2 Å². The summed E-state index contributed by atoms with van der Waals surface area (Å²) in [4.78, 5) is 28.5. The molecule has 2 heterocycles. The molecule has 1 aromatic carbocycles. The van der Waals surface area contributed by atoms with Gasteiger partial charge >= 0.3 is 0 Å². The Bertz CT molecular complexity index is 699. The number of carbonyl (C=O) groups excluding carboxylic acids is 2. The number of hydrogen-bond donors (Lipinski definition) is 1. The van der Waals surface area contributed by atoms with Crippen molar-refractivity contribution >= 4 is 11.8 Å². The van der Waals surface area contributed by atoms with Gasteiger partial charge in [-0.1, -0.05) is 6.07 Å². The van der Waals surface area contributed by atoms with Crippen molar-refractivity contribution < 1.29 is 18.7 Å². The number of rotatable bonds is 6. The Labute approximate surface area is 159 Å². The number of nitrogens with zero attached hydrogens (tertiary/aromatic N) is 2. The Morgan fingerprint density at radius 3 is 2.93 bits per heavy atom. The van der Waals surface area contributed by atoms with Crippen molar-refractivity contribution in [2.75, 3.05) is 39.8 Å². The number of ether oxygens (including phenoxy) is 1. The van der Waals surface area contributed by atoms with E-state index in [9.17, 15) is 14.0 Å². The molecule has 0 aliphatic carbocycles. The van der Waals surface area contributed by atoms with Crippen molar-refractivity contribution in [3.05, 3.63) is 30.1 Å². The second-order valence-corrected chi connectivity index (χ2v) is 7.74. The lowest BCUT2D eigenvalue weighted by molar-refractivity contribution is -0.131. The molecule has 1 N–H and O–H groups in total. The molecule has 0 aromatic heterocycles. The van der Waals surface area contributed by atoms with Gasteiger partial charge in [0.05, 0.1) is 12.1 Å². The van der Waals surface area contributed by atoms with Crippen LogP contribution in [0.1, 0.15) is 26.2 Å². The number of hydrogen-bond acceptors (Lipinski definition) is 4. The number of benzene rings is 1. The Kier molecular flexibility index (Phi) is 5.99. The highest BCUT2D eigenvalue weighted by molar-refractivity contribution is 5.78. The van der Waals surface area contributed by atoms with E-state index >= 15 is 0 Å². The lowest BCUT2D eigenvalue weighted by Crippen LogP contribution is -2.62. The summed E-state index contributed by atoms with van der Waals surface area (Å²) in [6.07, 6.45) is 1.93. The molecule has 0 saturated carbocycles. The molecule has 2 atom stereocenters. The third-order valence-electron chi connectivity index (χ3n) is 5.48. The molecule has 2 aliphatic heterocycles. The average molecular weight is 377 g/mol. The highest BCUT2D eigenvalue weighted by Crippen LogP contribution is 2.35. The molecular weight excluding hydrogens is 349 g/mol. The lowest BCUT2D eigenvalue weighted by atomic mass is 9.81. The summed E-state index contributed by atoms with van der Waals surface area (Å²) < 4.78 is 18.6. The third-order valence-corrected chi connectivity index (χ3v) is 5.48. The molecule has 2 fully saturated rings. The summed E-state index contributed by atoms with van der Waals surface area (Å²) in [6, 6.07) is 6.00. The predicted molar refractivity (Wildman–Crippen MR) is 99.9 cm³/mol. The van der Waals surface area contributed by atoms with E-state index in [1.807, 2.05) is 11.9 Å². The summed E-state index contributed by atoms with van der Waals surface area (Å²) in [7, 11) is 2.05. The first-order chi connectivity index (χ1) is 12.9. The van der Waals surface area contributed by atoms with Gasteiger partial charge < -0.3 is 19.9 Å². The van der Waals surface area contributed by atoms with Gasteiger partial charge in [0, 0.05) is 45.0 Å². The fourth-order valence-electron chi connectivity index (χ4n) is 4.31. The van der Waals surface area contributed by atoms with E-state index in [4.69, 9.17) is 4.74 Å². The number of piperidine rings is 1. The van der Waals surface area contributed by atoms with Crippen LogP contribution in [0, 0.1) is 11.7 Å². The van der Waals surface area contributed by atoms with E-state index in [1.165, 1.54) is 19.1 Å². The molecule has 0 spiro atoms. The number of fused-ring (bicyclic) bond motifs is 1. The van der Waals surface area contributed by atoms with E-state index in [2.05, 4.69) is 10.2 Å². The van der Waals surface area contributed by atoms with Crippen molar-refractivity contribution in [2.45, 2.75) is 31.7 Å². The van der Waals surface area contributed by atoms with Gasteiger partial charge in [0.25, 0.3) is 0 Å². The van der Waals surface area contributed by atoms with Crippen LogP contribution in [-0.4, -0.2) is 67.0 Å². The third kappa shape index (κ3) is 4.77. The minimum atomic E-state index is -0.341. The van der Waals surface area contributed by atoms with Crippen molar-refractivity contribution in [1.82, 2.24) is 15.1 Å². The quantitative estimate of drug-likeness (QED) is 0.766.